The van der Waals surface area contributed by atoms with Crippen LogP contribution in [0.15, 0.2) is 30.6 Å². The van der Waals surface area contributed by atoms with E-state index in [-0.39, 0.29) is 11.9 Å². The van der Waals surface area contributed by atoms with Crippen LogP contribution in [0.4, 0.5) is 4.39 Å². The maximum atomic E-state index is 13.5. The first-order valence-electron chi connectivity index (χ1n) is 10.9. The third-order valence-corrected chi connectivity index (χ3v) is 7.11. The van der Waals surface area contributed by atoms with Gasteiger partial charge in [-0.3, -0.25) is 0 Å². The van der Waals surface area contributed by atoms with Crippen LogP contribution in [0.3, 0.4) is 0 Å². The van der Waals surface area contributed by atoms with Crippen molar-refractivity contribution < 1.29 is 13.9 Å². The van der Waals surface area contributed by atoms with Crippen molar-refractivity contribution in [3.8, 4) is 17.1 Å². The smallest absolute Gasteiger partial charge is 0.316 e. The number of nitrogens with zero attached hydrogens (tertiary/aromatic N) is 3. The van der Waals surface area contributed by atoms with Gasteiger partial charge in [-0.25, -0.2) is 14.4 Å². The summed E-state index contributed by atoms with van der Waals surface area (Å²) in [6.07, 6.45) is 8.00. The van der Waals surface area contributed by atoms with Gasteiger partial charge in [0.05, 0.1) is 0 Å². The second-order valence-electron chi connectivity index (χ2n) is 8.88. The Hall–Kier alpha value is -1.76. The molecule has 1 aliphatic carbocycles. The average molecular weight is 432 g/mol. The van der Waals surface area contributed by atoms with E-state index in [0.29, 0.717) is 34.0 Å². The van der Waals surface area contributed by atoms with Crippen LogP contribution in [0.5, 0.6) is 6.01 Å². The third-order valence-electron chi connectivity index (χ3n) is 6.78. The van der Waals surface area contributed by atoms with Crippen molar-refractivity contribution in [1.82, 2.24) is 14.9 Å². The molecule has 3 aliphatic rings. The highest BCUT2D eigenvalue weighted by Gasteiger charge is 2.42. The first kappa shape index (κ1) is 20.2. The molecule has 7 heteroatoms. The Labute approximate surface area is 181 Å². The molecular weight excluding hydrogens is 405 g/mol. The Morgan fingerprint density at radius 2 is 1.80 bits per heavy atom. The summed E-state index contributed by atoms with van der Waals surface area (Å²) in [6, 6.07) is 4.66. The monoisotopic (exact) mass is 431 g/mol. The fourth-order valence-electron chi connectivity index (χ4n) is 5.26. The summed E-state index contributed by atoms with van der Waals surface area (Å²) in [7, 11) is 0. The van der Waals surface area contributed by atoms with Crippen molar-refractivity contribution in [2.24, 2.45) is 17.8 Å². The lowest BCUT2D eigenvalue weighted by Crippen LogP contribution is -2.32. The molecule has 1 aromatic heterocycles. The Bertz CT molecular complexity index is 861. The lowest BCUT2D eigenvalue weighted by molar-refractivity contribution is 0.0539. The van der Waals surface area contributed by atoms with Crippen LogP contribution in [0, 0.1) is 23.6 Å². The molecule has 5 rings (SSSR count). The minimum absolute atomic E-state index is 0.175. The molecule has 30 heavy (non-hydrogen) atoms. The van der Waals surface area contributed by atoms with Crippen molar-refractivity contribution in [1.29, 1.82) is 0 Å². The highest BCUT2D eigenvalue weighted by atomic mass is 35.5. The molecule has 2 aromatic rings. The zero-order valence-electron chi connectivity index (χ0n) is 17.0. The van der Waals surface area contributed by atoms with Gasteiger partial charge in [0.1, 0.15) is 11.9 Å². The van der Waals surface area contributed by atoms with Crippen molar-refractivity contribution in [3.05, 3.63) is 41.4 Å². The Kier molecular flexibility index (Phi) is 5.89. The van der Waals surface area contributed by atoms with Crippen molar-refractivity contribution in [2.45, 2.75) is 31.8 Å². The van der Waals surface area contributed by atoms with Crippen molar-refractivity contribution in [2.75, 3.05) is 32.8 Å². The van der Waals surface area contributed by atoms with Gasteiger partial charge in [0.15, 0.2) is 0 Å². The summed E-state index contributed by atoms with van der Waals surface area (Å²) in [6.45, 7) is 5.42. The van der Waals surface area contributed by atoms with Crippen LogP contribution in [-0.2, 0) is 4.74 Å². The van der Waals surface area contributed by atoms with Crippen molar-refractivity contribution in [3.63, 3.8) is 0 Å². The fraction of sp³-hybridized carbons (Fsp3) is 0.565. The van der Waals surface area contributed by atoms with Gasteiger partial charge >= 0.3 is 6.01 Å². The second-order valence-corrected chi connectivity index (χ2v) is 9.29. The summed E-state index contributed by atoms with van der Waals surface area (Å²) in [5.74, 6) is 1.88. The molecule has 0 bridgehead atoms. The molecule has 160 valence electrons. The van der Waals surface area contributed by atoms with E-state index in [1.165, 1.54) is 44.6 Å². The van der Waals surface area contributed by atoms with E-state index >= 15 is 0 Å². The molecule has 2 saturated heterocycles. The van der Waals surface area contributed by atoms with Gasteiger partial charge in [-0.1, -0.05) is 11.6 Å². The lowest BCUT2D eigenvalue weighted by atomic mass is 10.00. The van der Waals surface area contributed by atoms with E-state index in [1.807, 2.05) is 0 Å². The van der Waals surface area contributed by atoms with Gasteiger partial charge in [0.25, 0.3) is 0 Å². The normalized spacial score (nSPS) is 27.3. The van der Waals surface area contributed by atoms with Gasteiger partial charge in [-0.2, -0.15) is 0 Å². The molecule has 2 aliphatic heterocycles. The van der Waals surface area contributed by atoms with Gasteiger partial charge in [0.2, 0.25) is 0 Å². The Morgan fingerprint density at radius 1 is 1.10 bits per heavy atom. The zero-order valence-corrected chi connectivity index (χ0v) is 17.7. The molecule has 5 nitrogen and oxygen atoms in total. The topological polar surface area (TPSA) is 47.5 Å². The molecular formula is C23H27ClFN3O2. The predicted molar refractivity (Wildman–Crippen MR) is 113 cm³/mol. The molecule has 0 N–H and O–H groups in total. The number of fused-ring (bicyclic) bond motifs is 1. The summed E-state index contributed by atoms with van der Waals surface area (Å²) in [5.41, 5.74) is 1.27. The minimum Gasteiger partial charge on any atom is -0.460 e. The number of rotatable bonds is 5. The highest BCUT2D eigenvalue weighted by molar-refractivity contribution is 6.33. The number of likely N-dealkylation sites (tertiary alicyclic amines) is 1. The second kappa shape index (κ2) is 8.77. The van der Waals surface area contributed by atoms with Crippen LogP contribution < -0.4 is 4.74 Å². The van der Waals surface area contributed by atoms with Crippen LogP contribution >= 0.6 is 11.6 Å². The molecule has 1 aromatic carbocycles. The Morgan fingerprint density at radius 3 is 2.50 bits per heavy atom. The van der Waals surface area contributed by atoms with E-state index < -0.39 is 0 Å². The van der Waals surface area contributed by atoms with Crippen LogP contribution in [0.1, 0.15) is 25.7 Å². The zero-order chi connectivity index (χ0) is 20.5. The molecule has 0 unspecified atom stereocenters. The van der Waals surface area contributed by atoms with Crippen molar-refractivity contribution >= 4 is 11.6 Å². The number of ether oxygens (including phenoxy) is 2. The van der Waals surface area contributed by atoms with E-state index in [0.717, 1.165) is 32.0 Å². The van der Waals surface area contributed by atoms with Gasteiger partial charge in [-0.05, 0) is 61.6 Å². The maximum Gasteiger partial charge on any atom is 0.316 e. The average Bonchev–Trinajstić information content (AvgIpc) is 3.29. The van der Waals surface area contributed by atoms with Crippen LogP contribution in [0.2, 0.25) is 5.02 Å². The highest BCUT2D eigenvalue weighted by Crippen LogP contribution is 2.40. The van der Waals surface area contributed by atoms with E-state index in [2.05, 4.69) is 14.9 Å². The van der Waals surface area contributed by atoms with Crippen LogP contribution in [-0.4, -0.2) is 53.8 Å². The summed E-state index contributed by atoms with van der Waals surface area (Å²) >= 11 is 6.17. The standard InChI is InChI=1S/C23H27ClFN3O2/c24-22-2-1-19(25)9-21(22)18-10-26-23(27-11-18)30-20-7-16-13-28(14-17(16)8-20)12-15-3-5-29-6-4-15/h1-2,9-11,15-17,20H,3-8,12-14H2/t16-,17+,20-. The molecule has 1 saturated carbocycles. The van der Waals surface area contributed by atoms with Gasteiger partial charge in [-0.15, -0.1) is 0 Å². The quantitative estimate of drug-likeness (QED) is 0.699. The molecule has 0 radical (unpaired) electrons. The Balaban J connectivity index is 1.14. The molecule has 0 spiro atoms. The number of halogens is 2. The number of hydrogen-bond donors (Lipinski definition) is 0. The summed E-state index contributed by atoms with van der Waals surface area (Å²) in [5, 5.41) is 0.475. The largest absolute Gasteiger partial charge is 0.460 e. The molecule has 0 amide bonds. The first-order valence-corrected chi connectivity index (χ1v) is 11.3. The third kappa shape index (κ3) is 4.46. The summed E-state index contributed by atoms with van der Waals surface area (Å²) in [4.78, 5) is 11.3. The SMILES string of the molecule is Fc1ccc(Cl)c(-c2cnc(O[C@@H]3C[C@@H]4CN(CC5CCOCC5)C[C@@H]4C3)nc2)c1. The molecule has 3 heterocycles. The number of hydrogen-bond acceptors (Lipinski definition) is 5. The van der Waals surface area contributed by atoms with E-state index in [4.69, 9.17) is 21.1 Å². The predicted octanol–water partition coefficient (Wildman–Crippen LogP) is 4.45. The minimum atomic E-state index is -0.335. The maximum absolute atomic E-state index is 13.5. The number of aromatic nitrogens is 2. The van der Waals surface area contributed by atoms with E-state index in [1.54, 1.807) is 18.5 Å². The van der Waals surface area contributed by atoms with Gasteiger partial charge < -0.3 is 14.4 Å². The summed E-state index contributed by atoms with van der Waals surface area (Å²) < 4.78 is 25.1. The van der Waals surface area contributed by atoms with Crippen LogP contribution in [0.25, 0.3) is 11.1 Å². The fourth-order valence-corrected chi connectivity index (χ4v) is 5.49. The van der Waals surface area contributed by atoms with E-state index in [9.17, 15) is 4.39 Å². The molecule has 3 fully saturated rings. The number of benzene rings is 1. The first-order chi connectivity index (χ1) is 14.6. The lowest BCUT2D eigenvalue weighted by Gasteiger charge is -2.27. The molecule has 3 atom stereocenters. The van der Waals surface area contributed by atoms with Gasteiger partial charge in [0, 0.05) is 61.4 Å².